The molecule has 0 aliphatic heterocycles. The number of aryl methyl sites for hydroxylation is 2. The highest BCUT2D eigenvalue weighted by molar-refractivity contribution is 5.91. The number of methoxy groups -OCH3 is 2. The molecule has 6 heteroatoms. The predicted octanol–water partition coefficient (Wildman–Crippen LogP) is 4.47. The molecule has 0 spiro atoms. The van der Waals surface area contributed by atoms with Crippen molar-refractivity contribution in [2.24, 2.45) is 0 Å². The van der Waals surface area contributed by atoms with Gasteiger partial charge in [-0.15, -0.1) is 0 Å². The van der Waals surface area contributed by atoms with Gasteiger partial charge in [-0.25, -0.2) is 0 Å². The first-order chi connectivity index (χ1) is 14.5. The molecule has 6 nitrogen and oxygen atoms in total. The number of ether oxygens (including phenoxy) is 3. The largest absolute Gasteiger partial charge is 0.493 e. The van der Waals surface area contributed by atoms with Gasteiger partial charge in [0.05, 0.1) is 14.2 Å². The van der Waals surface area contributed by atoms with Crippen molar-refractivity contribution in [2.75, 3.05) is 20.8 Å². The molecule has 30 heavy (non-hydrogen) atoms. The van der Waals surface area contributed by atoms with E-state index in [4.69, 9.17) is 18.6 Å². The van der Waals surface area contributed by atoms with E-state index in [1.807, 2.05) is 43.3 Å². The maximum Gasteiger partial charge on any atom is 0.287 e. The topological polar surface area (TPSA) is 69.9 Å². The second-order valence-corrected chi connectivity index (χ2v) is 7.00. The standard InChI is InChI=1S/C24H27NO5/c1-16-5-7-19(13-17(16)2)29-15-20-8-10-22(30-20)24(26)25-12-11-18-6-9-21(27-3)23(14-18)28-4/h5-10,13-14H,11-12,15H2,1-4H3,(H,25,26). The number of amides is 1. The minimum Gasteiger partial charge on any atom is -0.493 e. The summed E-state index contributed by atoms with van der Waals surface area (Å²) in [5.74, 6) is 2.72. The van der Waals surface area contributed by atoms with Gasteiger partial charge in [-0.1, -0.05) is 12.1 Å². The van der Waals surface area contributed by atoms with Crippen LogP contribution in [0.4, 0.5) is 0 Å². The van der Waals surface area contributed by atoms with E-state index in [2.05, 4.69) is 12.2 Å². The molecule has 0 aliphatic carbocycles. The van der Waals surface area contributed by atoms with Crippen LogP contribution in [0.2, 0.25) is 0 Å². The quantitative estimate of drug-likeness (QED) is 0.565. The van der Waals surface area contributed by atoms with E-state index in [9.17, 15) is 4.79 Å². The number of rotatable bonds is 9. The Kier molecular flexibility index (Phi) is 7.01. The second kappa shape index (κ2) is 9.87. The summed E-state index contributed by atoms with van der Waals surface area (Å²) in [6.07, 6.45) is 0.662. The van der Waals surface area contributed by atoms with E-state index in [0.29, 0.717) is 30.2 Å². The second-order valence-electron chi connectivity index (χ2n) is 7.00. The first-order valence-electron chi connectivity index (χ1n) is 9.78. The molecule has 0 radical (unpaired) electrons. The Morgan fingerprint density at radius 2 is 1.73 bits per heavy atom. The molecule has 0 saturated carbocycles. The van der Waals surface area contributed by atoms with Gasteiger partial charge in [-0.05, 0) is 73.4 Å². The molecular weight excluding hydrogens is 382 g/mol. The highest BCUT2D eigenvalue weighted by Crippen LogP contribution is 2.27. The van der Waals surface area contributed by atoms with Crippen LogP contribution in [0.3, 0.4) is 0 Å². The van der Waals surface area contributed by atoms with Gasteiger partial charge >= 0.3 is 0 Å². The van der Waals surface area contributed by atoms with Gasteiger partial charge < -0.3 is 23.9 Å². The van der Waals surface area contributed by atoms with Gasteiger partial charge in [-0.2, -0.15) is 0 Å². The van der Waals surface area contributed by atoms with Crippen molar-refractivity contribution in [3.05, 3.63) is 76.7 Å². The summed E-state index contributed by atoms with van der Waals surface area (Å²) in [6.45, 7) is 4.84. The fourth-order valence-corrected chi connectivity index (χ4v) is 2.98. The Labute approximate surface area is 176 Å². The van der Waals surface area contributed by atoms with Crippen LogP contribution in [-0.2, 0) is 13.0 Å². The van der Waals surface area contributed by atoms with Gasteiger partial charge in [-0.3, -0.25) is 4.79 Å². The zero-order valence-corrected chi connectivity index (χ0v) is 17.8. The van der Waals surface area contributed by atoms with Crippen LogP contribution >= 0.6 is 0 Å². The van der Waals surface area contributed by atoms with Crippen LogP contribution < -0.4 is 19.5 Å². The van der Waals surface area contributed by atoms with E-state index in [-0.39, 0.29) is 18.3 Å². The molecule has 2 aromatic carbocycles. The highest BCUT2D eigenvalue weighted by atomic mass is 16.5. The fraction of sp³-hybridized carbons (Fsp3) is 0.292. The first kappa shape index (κ1) is 21.3. The van der Waals surface area contributed by atoms with E-state index in [1.165, 1.54) is 11.1 Å². The van der Waals surface area contributed by atoms with Crippen molar-refractivity contribution in [2.45, 2.75) is 26.9 Å². The summed E-state index contributed by atoms with van der Waals surface area (Å²) in [7, 11) is 3.20. The Hall–Kier alpha value is -3.41. The normalized spacial score (nSPS) is 10.5. The summed E-state index contributed by atoms with van der Waals surface area (Å²) < 4.78 is 21.9. The average molecular weight is 409 g/mol. The van der Waals surface area contributed by atoms with Crippen LogP contribution in [0.25, 0.3) is 0 Å². The summed E-state index contributed by atoms with van der Waals surface area (Å²) in [5, 5.41) is 2.87. The zero-order valence-electron chi connectivity index (χ0n) is 17.8. The molecule has 1 heterocycles. The van der Waals surface area contributed by atoms with Crippen LogP contribution in [0, 0.1) is 13.8 Å². The fourth-order valence-electron chi connectivity index (χ4n) is 2.98. The maximum absolute atomic E-state index is 12.3. The molecule has 1 aromatic heterocycles. The third-order valence-corrected chi connectivity index (χ3v) is 4.89. The van der Waals surface area contributed by atoms with E-state index >= 15 is 0 Å². The zero-order chi connectivity index (χ0) is 21.5. The Morgan fingerprint density at radius 1 is 0.933 bits per heavy atom. The number of benzene rings is 2. The number of nitrogens with one attached hydrogen (secondary N) is 1. The number of hydrogen-bond acceptors (Lipinski definition) is 5. The highest BCUT2D eigenvalue weighted by Gasteiger charge is 2.12. The lowest BCUT2D eigenvalue weighted by Crippen LogP contribution is -2.25. The summed E-state index contributed by atoms with van der Waals surface area (Å²) in [6, 6.07) is 15.0. The van der Waals surface area contributed by atoms with Gasteiger partial charge in [0.1, 0.15) is 18.1 Å². The van der Waals surface area contributed by atoms with Crippen LogP contribution in [0.15, 0.2) is 52.9 Å². The number of hydrogen-bond donors (Lipinski definition) is 1. The molecule has 158 valence electrons. The number of carbonyl (C=O) groups excluding carboxylic acids is 1. The molecule has 3 rings (SSSR count). The lowest BCUT2D eigenvalue weighted by molar-refractivity contribution is 0.0922. The predicted molar refractivity (Wildman–Crippen MR) is 115 cm³/mol. The molecule has 3 aromatic rings. The van der Waals surface area contributed by atoms with Crippen LogP contribution in [-0.4, -0.2) is 26.7 Å². The molecule has 1 N–H and O–H groups in total. The lowest BCUT2D eigenvalue weighted by Gasteiger charge is -2.10. The SMILES string of the molecule is COc1ccc(CCNC(=O)c2ccc(COc3ccc(C)c(C)c3)o2)cc1OC. The van der Waals surface area contributed by atoms with Crippen LogP contribution in [0.5, 0.6) is 17.2 Å². The molecule has 1 amide bonds. The molecule has 0 aliphatic rings. The molecule has 0 fully saturated rings. The minimum atomic E-state index is -0.257. The summed E-state index contributed by atoms with van der Waals surface area (Å²) >= 11 is 0. The van der Waals surface area contributed by atoms with Crippen molar-refractivity contribution in [1.82, 2.24) is 5.32 Å². The monoisotopic (exact) mass is 409 g/mol. The van der Waals surface area contributed by atoms with Crippen LogP contribution in [0.1, 0.15) is 33.0 Å². The minimum absolute atomic E-state index is 0.257. The number of furan rings is 1. The molecule has 0 bridgehead atoms. The van der Waals surface area contributed by atoms with Gasteiger partial charge in [0, 0.05) is 6.54 Å². The van der Waals surface area contributed by atoms with Gasteiger partial charge in [0.2, 0.25) is 0 Å². The summed E-state index contributed by atoms with van der Waals surface area (Å²) in [4.78, 5) is 12.3. The summed E-state index contributed by atoms with van der Waals surface area (Å²) in [5.41, 5.74) is 3.42. The molecule has 0 unspecified atom stereocenters. The maximum atomic E-state index is 12.3. The number of carbonyl (C=O) groups is 1. The Morgan fingerprint density at radius 3 is 2.47 bits per heavy atom. The van der Waals surface area contributed by atoms with E-state index in [1.54, 1.807) is 26.4 Å². The smallest absolute Gasteiger partial charge is 0.287 e. The van der Waals surface area contributed by atoms with Crippen molar-refractivity contribution < 1.29 is 23.4 Å². The Balaban J connectivity index is 1.49. The van der Waals surface area contributed by atoms with E-state index in [0.717, 1.165) is 11.3 Å². The van der Waals surface area contributed by atoms with Crippen molar-refractivity contribution in [3.8, 4) is 17.2 Å². The third-order valence-electron chi connectivity index (χ3n) is 4.89. The van der Waals surface area contributed by atoms with Crippen molar-refractivity contribution in [1.29, 1.82) is 0 Å². The first-order valence-corrected chi connectivity index (χ1v) is 9.78. The lowest BCUT2D eigenvalue weighted by atomic mass is 10.1. The molecule has 0 atom stereocenters. The average Bonchev–Trinajstić information content (AvgIpc) is 3.23. The van der Waals surface area contributed by atoms with E-state index < -0.39 is 0 Å². The third kappa shape index (κ3) is 5.35. The van der Waals surface area contributed by atoms with Gasteiger partial charge in [0.15, 0.2) is 17.3 Å². The Bertz CT molecular complexity index is 1010. The van der Waals surface area contributed by atoms with Crippen molar-refractivity contribution >= 4 is 5.91 Å². The molecular formula is C24H27NO5. The van der Waals surface area contributed by atoms with Crippen molar-refractivity contribution in [3.63, 3.8) is 0 Å². The van der Waals surface area contributed by atoms with Gasteiger partial charge in [0.25, 0.3) is 5.91 Å². The molecule has 0 saturated heterocycles.